The van der Waals surface area contributed by atoms with E-state index in [2.05, 4.69) is 10.4 Å². The SMILES string of the molecule is Cn1ncc2c1NC(=O)CC2c1cc(Cl)c2c(c1)OCO2. The minimum atomic E-state index is -0.0885. The summed E-state index contributed by atoms with van der Waals surface area (Å²) in [5, 5.41) is 7.56. The summed E-state index contributed by atoms with van der Waals surface area (Å²) in [6.45, 7) is 0.168. The Hall–Kier alpha value is -2.21. The molecule has 1 aromatic heterocycles. The monoisotopic (exact) mass is 305 g/mol. The van der Waals surface area contributed by atoms with Crippen molar-refractivity contribution in [2.75, 3.05) is 12.1 Å². The minimum Gasteiger partial charge on any atom is -0.454 e. The van der Waals surface area contributed by atoms with E-state index < -0.39 is 0 Å². The molecule has 0 spiro atoms. The molecule has 1 N–H and O–H groups in total. The van der Waals surface area contributed by atoms with E-state index >= 15 is 0 Å². The lowest BCUT2D eigenvalue weighted by Crippen LogP contribution is -2.24. The number of hydrogen-bond donors (Lipinski definition) is 1. The summed E-state index contributed by atoms with van der Waals surface area (Å²) in [5.41, 5.74) is 1.90. The standard InChI is InChI=1S/C14H12ClN3O3/c1-18-14-9(5-16-18)8(4-12(19)17-14)7-2-10(15)13-11(3-7)20-6-21-13/h2-3,5,8H,4,6H2,1H3,(H,17,19). The van der Waals surface area contributed by atoms with Gasteiger partial charge in [0.05, 0.1) is 11.2 Å². The Morgan fingerprint density at radius 3 is 3.14 bits per heavy atom. The molecule has 2 aromatic rings. The molecule has 6 nitrogen and oxygen atoms in total. The molecule has 4 rings (SSSR count). The third-order valence-electron chi connectivity index (χ3n) is 3.84. The van der Waals surface area contributed by atoms with Gasteiger partial charge in [-0.1, -0.05) is 11.6 Å². The predicted molar refractivity (Wildman–Crippen MR) is 75.9 cm³/mol. The van der Waals surface area contributed by atoms with Gasteiger partial charge in [0, 0.05) is 24.9 Å². The molecular formula is C14H12ClN3O3. The molecule has 1 unspecified atom stereocenters. The maximum atomic E-state index is 11.9. The fraction of sp³-hybridized carbons (Fsp3) is 0.286. The van der Waals surface area contributed by atoms with Crippen LogP contribution in [0.5, 0.6) is 11.5 Å². The number of carbonyl (C=O) groups excluding carboxylic acids is 1. The molecule has 1 aromatic carbocycles. The molecule has 3 heterocycles. The Labute approximate surface area is 125 Å². The molecule has 7 heteroatoms. The summed E-state index contributed by atoms with van der Waals surface area (Å²) < 4.78 is 12.4. The fourth-order valence-electron chi connectivity index (χ4n) is 2.83. The normalized spacial score (nSPS) is 19.3. The number of carbonyl (C=O) groups is 1. The van der Waals surface area contributed by atoms with Crippen molar-refractivity contribution < 1.29 is 14.3 Å². The summed E-state index contributed by atoms with van der Waals surface area (Å²) >= 11 is 6.24. The molecule has 0 saturated carbocycles. The molecule has 0 saturated heterocycles. The van der Waals surface area contributed by atoms with Gasteiger partial charge in [-0.15, -0.1) is 0 Å². The predicted octanol–water partition coefficient (Wildman–Crippen LogP) is 2.28. The van der Waals surface area contributed by atoms with Crippen LogP contribution in [-0.2, 0) is 11.8 Å². The fourth-order valence-corrected chi connectivity index (χ4v) is 3.10. The largest absolute Gasteiger partial charge is 0.454 e. The van der Waals surface area contributed by atoms with E-state index in [0.717, 1.165) is 16.9 Å². The van der Waals surface area contributed by atoms with Crippen molar-refractivity contribution in [3.63, 3.8) is 0 Å². The Morgan fingerprint density at radius 2 is 2.29 bits per heavy atom. The number of nitrogens with zero attached hydrogens (tertiary/aromatic N) is 2. The van der Waals surface area contributed by atoms with Crippen LogP contribution in [0.2, 0.25) is 5.02 Å². The topological polar surface area (TPSA) is 65.4 Å². The number of ether oxygens (including phenoxy) is 2. The van der Waals surface area contributed by atoms with Gasteiger partial charge in [0.1, 0.15) is 5.82 Å². The zero-order valence-electron chi connectivity index (χ0n) is 11.2. The summed E-state index contributed by atoms with van der Waals surface area (Å²) in [7, 11) is 1.80. The van der Waals surface area contributed by atoms with Crippen molar-refractivity contribution in [1.29, 1.82) is 0 Å². The summed E-state index contributed by atoms with van der Waals surface area (Å²) in [6, 6.07) is 3.71. The van der Waals surface area contributed by atoms with E-state index in [4.69, 9.17) is 21.1 Å². The van der Waals surface area contributed by atoms with Gasteiger partial charge in [-0.25, -0.2) is 0 Å². The first-order chi connectivity index (χ1) is 10.1. The molecule has 1 atom stereocenters. The first kappa shape index (κ1) is 12.5. The number of benzene rings is 1. The number of aryl methyl sites for hydroxylation is 1. The number of rotatable bonds is 1. The summed E-state index contributed by atoms with van der Waals surface area (Å²) in [5.74, 6) is 1.78. The van der Waals surface area contributed by atoms with Crippen LogP contribution in [0, 0.1) is 0 Å². The van der Waals surface area contributed by atoms with Gasteiger partial charge in [0.15, 0.2) is 11.5 Å². The number of anilines is 1. The molecule has 0 radical (unpaired) electrons. The van der Waals surface area contributed by atoms with Crippen molar-refractivity contribution in [1.82, 2.24) is 9.78 Å². The van der Waals surface area contributed by atoms with Crippen LogP contribution in [0.25, 0.3) is 0 Å². The van der Waals surface area contributed by atoms with Crippen molar-refractivity contribution >= 4 is 23.3 Å². The number of aromatic nitrogens is 2. The van der Waals surface area contributed by atoms with Crippen LogP contribution < -0.4 is 14.8 Å². The number of halogens is 1. The van der Waals surface area contributed by atoms with Crippen molar-refractivity contribution in [3.05, 3.63) is 34.5 Å². The van der Waals surface area contributed by atoms with Gasteiger partial charge >= 0.3 is 0 Å². The lowest BCUT2D eigenvalue weighted by Gasteiger charge is -2.23. The van der Waals surface area contributed by atoms with E-state index in [0.29, 0.717) is 22.9 Å². The van der Waals surface area contributed by atoms with Gasteiger partial charge in [-0.3, -0.25) is 9.48 Å². The van der Waals surface area contributed by atoms with E-state index in [1.807, 2.05) is 12.1 Å². The first-order valence-corrected chi connectivity index (χ1v) is 6.92. The molecule has 21 heavy (non-hydrogen) atoms. The number of hydrogen-bond acceptors (Lipinski definition) is 4. The molecule has 0 bridgehead atoms. The van der Waals surface area contributed by atoms with Gasteiger partial charge in [-0.05, 0) is 17.7 Å². The molecule has 1 amide bonds. The Morgan fingerprint density at radius 1 is 1.43 bits per heavy atom. The quantitative estimate of drug-likeness (QED) is 0.878. The zero-order chi connectivity index (χ0) is 14.6. The Bertz CT molecular complexity index is 756. The summed E-state index contributed by atoms with van der Waals surface area (Å²) in [6.07, 6.45) is 2.13. The van der Waals surface area contributed by atoms with Crippen LogP contribution in [0.3, 0.4) is 0 Å². The molecule has 0 aliphatic carbocycles. The highest BCUT2D eigenvalue weighted by Crippen LogP contribution is 2.44. The lowest BCUT2D eigenvalue weighted by atomic mass is 9.87. The van der Waals surface area contributed by atoms with Crippen LogP contribution in [0.15, 0.2) is 18.3 Å². The molecule has 2 aliphatic heterocycles. The van der Waals surface area contributed by atoms with Crippen molar-refractivity contribution in [3.8, 4) is 11.5 Å². The number of nitrogens with one attached hydrogen (secondary N) is 1. The third kappa shape index (κ3) is 1.86. The van der Waals surface area contributed by atoms with Gasteiger partial charge < -0.3 is 14.8 Å². The van der Waals surface area contributed by atoms with E-state index in [9.17, 15) is 4.79 Å². The molecular weight excluding hydrogens is 294 g/mol. The Kier molecular flexibility index (Phi) is 2.62. The number of fused-ring (bicyclic) bond motifs is 2. The Balaban J connectivity index is 1.84. The van der Waals surface area contributed by atoms with E-state index in [-0.39, 0.29) is 18.6 Å². The minimum absolute atomic E-state index is 0.0371. The average molecular weight is 306 g/mol. The van der Waals surface area contributed by atoms with E-state index in [1.165, 1.54) is 0 Å². The lowest BCUT2D eigenvalue weighted by molar-refractivity contribution is -0.116. The van der Waals surface area contributed by atoms with Gasteiger partial charge in [0.2, 0.25) is 12.7 Å². The van der Waals surface area contributed by atoms with Gasteiger partial charge in [-0.2, -0.15) is 5.10 Å². The second kappa shape index (κ2) is 4.39. The molecule has 0 fully saturated rings. The van der Waals surface area contributed by atoms with Crippen LogP contribution in [-0.4, -0.2) is 22.5 Å². The zero-order valence-corrected chi connectivity index (χ0v) is 12.0. The first-order valence-electron chi connectivity index (χ1n) is 6.54. The van der Waals surface area contributed by atoms with Gasteiger partial charge in [0.25, 0.3) is 0 Å². The highest BCUT2D eigenvalue weighted by atomic mass is 35.5. The van der Waals surface area contributed by atoms with E-state index in [1.54, 1.807) is 17.9 Å². The van der Waals surface area contributed by atoms with Crippen LogP contribution >= 0.6 is 11.6 Å². The highest BCUT2D eigenvalue weighted by molar-refractivity contribution is 6.32. The summed E-state index contributed by atoms with van der Waals surface area (Å²) in [4.78, 5) is 11.9. The molecule has 108 valence electrons. The van der Waals surface area contributed by atoms with Crippen LogP contribution in [0.4, 0.5) is 5.82 Å². The third-order valence-corrected chi connectivity index (χ3v) is 4.12. The maximum Gasteiger partial charge on any atom is 0.231 e. The van der Waals surface area contributed by atoms with Crippen molar-refractivity contribution in [2.24, 2.45) is 7.05 Å². The van der Waals surface area contributed by atoms with Crippen LogP contribution in [0.1, 0.15) is 23.5 Å². The molecule has 2 aliphatic rings. The average Bonchev–Trinajstić information content (AvgIpc) is 3.06. The maximum absolute atomic E-state index is 11.9. The van der Waals surface area contributed by atoms with Crippen molar-refractivity contribution in [2.45, 2.75) is 12.3 Å². The second-order valence-electron chi connectivity index (χ2n) is 5.11. The number of amides is 1. The smallest absolute Gasteiger partial charge is 0.231 e. The second-order valence-corrected chi connectivity index (χ2v) is 5.52. The highest BCUT2D eigenvalue weighted by Gasteiger charge is 2.31.